The van der Waals surface area contributed by atoms with E-state index in [1.165, 1.54) is 6.20 Å². The van der Waals surface area contributed by atoms with Gasteiger partial charge in [-0.25, -0.2) is 9.48 Å². The van der Waals surface area contributed by atoms with Crippen molar-refractivity contribution in [3.8, 4) is 5.88 Å². The molecule has 2 unspecified atom stereocenters. The number of amides is 3. The summed E-state index contributed by atoms with van der Waals surface area (Å²) in [5.41, 5.74) is 4.64. The van der Waals surface area contributed by atoms with Crippen LogP contribution in [0, 0.1) is 29.6 Å². The van der Waals surface area contributed by atoms with Crippen molar-refractivity contribution < 1.29 is 28.6 Å². The third-order valence-corrected chi connectivity index (χ3v) is 9.05. The maximum atomic E-state index is 13.7. The van der Waals surface area contributed by atoms with Gasteiger partial charge in [0.1, 0.15) is 11.2 Å². The van der Waals surface area contributed by atoms with E-state index in [0.717, 1.165) is 44.9 Å². The predicted octanol–water partition coefficient (Wildman–Crippen LogP) is 3.48. The first-order valence-corrected chi connectivity index (χ1v) is 15.0. The monoisotopic (exact) mass is 571 g/mol. The van der Waals surface area contributed by atoms with Gasteiger partial charge >= 0.3 is 6.09 Å². The quantitative estimate of drug-likeness (QED) is 0.390. The number of nitrogens with two attached hydrogens (primary N) is 1. The largest absolute Gasteiger partial charge is 0.477 e. The van der Waals surface area contributed by atoms with Crippen LogP contribution in [-0.2, 0) is 14.3 Å². The number of ether oxygens (including phenoxy) is 3. The van der Waals surface area contributed by atoms with E-state index >= 15 is 0 Å². The molecule has 1 aromatic heterocycles. The second kappa shape index (κ2) is 11.7. The lowest BCUT2D eigenvalue weighted by Gasteiger charge is -2.58. The summed E-state index contributed by atoms with van der Waals surface area (Å²) >= 11 is 0. The molecular formula is C30H45N5O6. The van der Waals surface area contributed by atoms with Crippen molar-refractivity contribution in [3.05, 3.63) is 17.8 Å². The second-order valence-electron chi connectivity index (χ2n) is 13.5. The molecule has 3 amide bonds. The van der Waals surface area contributed by atoms with Gasteiger partial charge < -0.3 is 30.6 Å². The van der Waals surface area contributed by atoms with E-state index in [1.807, 2.05) is 33.8 Å². The van der Waals surface area contributed by atoms with Gasteiger partial charge in [-0.1, -0.05) is 13.8 Å². The molecule has 5 aliphatic rings. The lowest BCUT2D eigenvalue weighted by Crippen LogP contribution is -2.63. The third-order valence-electron chi connectivity index (χ3n) is 9.05. The summed E-state index contributed by atoms with van der Waals surface area (Å²) in [6.07, 6.45) is 10.2. The van der Waals surface area contributed by atoms with Crippen LogP contribution in [-0.4, -0.2) is 64.7 Å². The SMILES string of the molecule is CC(C)COc1c(C(=O)N[C@H]2C3CC4CC2C[C@@](OC(N)=O)(C4)C3)cnn1/C=C/C(C)(C)NC(=O)C1CCOCC1. The molecule has 1 aliphatic heterocycles. The second-order valence-corrected chi connectivity index (χ2v) is 13.5. The molecule has 4 bridgehead atoms. The van der Waals surface area contributed by atoms with Gasteiger partial charge in [0, 0.05) is 31.4 Å². The van der Waals surface area contributed by atoms with Gasteiger partial charge in [0.15, 0.2) is 0 Å². The predicted molar refractivity (Wildman–Crippen MR) is 152 cm³/mol. The first kappa shape index (κ1) is 29.4. The van der Waals surface area contributed by atoms with E-state index < -0.39 is 17.2 Å². The highest BCUT2D eigenvalue weighted by atomic mass is 16.6. The molecule has 1 saturated heterocycles. The van der Waals surface area contributed by atoms with Gasteiger partial charge in [-0.15, -0.1) is 0 Å². The number of nitrogens with one attached hydrogen (secondary N) is 2. The third kappa shape index (κ3) is 6.71. The standard InChI is InChI=1S/C30H45N5O6/c1-18(2)17-40-27-23(16-32-35(27)8-7-29(3,4)34-25(36)20-5-9-39-10-6-20)26(37)33-24-21-11-19-12-22(24)15-30(13-19,14-21)41-28(31)38/h7-8,16,18-22,24H,5-6,9-15,17H2,1-4H3,(H2,31,38)(H,33,37)(H,34,36)/b8-7+/t19?,21?,22?,24-,30+. The molecular weight excluding hydrogens is 526 g/mol. The average molecular weight is 572 g/mol. The minimum absolute atomic E-state index is 0.000162. The molecule has 0 spiro atoms. The number of carbonyl (C=O) groups excluding carboxylic acids is 3. The van der Waals surface area contributed by atoms with E-state index in [1.54, 1.807) is 10.9 Å². The van der Waals surface area contributed by atoms with Gasteiger partial charge in [0.2, 0.25) is 11.8 Å². The molecule has 0 aromatic carbocycles. The van der Waals surface area contributed by atoms with Crippen LogP contribution in [0.5, 0.6) is 5.88 Å². The van der Waals surface area contributed by atoms with Gasteiger partial charge in [-0.05, 0) is 88.5 Å². The van der Waals surface area contributed by atoms with Gasteiger partial charge in [-0.3, -0.25) is 9.59 Å². The fourth-order valence-corrected chi connectivity index (χ4v) is 7.43. The Morgan fingerprint density at radius 3 is 2.51 bits per heavy atom. The summed E-state index contributed by atoms with van der Waals surface area (Å²) in [7, 11) is 0. The molecule has 11 heteroatoms. The Bertz CT molecular complexity index is 1150. The topological polar surface area (TPSA) is 147 Å². The average Bonchev–Trinajstić information content (AvgIpc) is 3.30. The van der Waals surface area contributed by atoms with Crippen molar-refractivity contribution in [2.45, 2.75) is 89.8 Å². The number of aromatic nitrogens is 2. The molecule has 5 fully saturated rings. The molecule has 1 aromatic rings. The number of primary amides is 1. The zero-order valence-electron chi connectivity index (χ0n) is 24.7. The van der Waals surface area contributed by atoms with E-state index in [-0.39, 0.29) is 41.5 Å². The number of hydrogen-bond acceptors (Lipinski definition) is 7. The Hall–Kier alpha value is -3.08. The van der Waals surface area contributed by atoms with Crippen LogP contribution in [0.15, 0.2) is 12.3 Å². The minimum atomic E-state index is -0.716. The number of nitrogens with zero attached hydrogens (tertiary/aromatic N) is 2. The molecule has 226 valence electrons. The van der Waals surface area contributed by atoms with Crippen molar-refractivity contribution >= 4 is 24.1 Å². The first-order valence-electron chi connectivity index (χ1n) is 15.0. The Labute approximate surface area is 241 Å². The number of hydrogen-bond donors (Lipinski definition) is 3. The summed E-state index contributed by atoms with van der Waals surface area (Å²) in [4.78, 5) is 38.0. The van der Waals surface area contributed by atoms with E-state index in [4.69, 9.17) is 19.9 Å². The van der Waals surface area contributed by atoms with Gasteiger partial charge in [-0.2, -0.15) is 5.10 Å². The lowest BCUT2D eigenvalue weighted by molar-refractivity contribution is -0.137. The molecule has 6 rings (SSSR count). The van der Waals surface area contributed by atoms with Crippen LogP contribution in [0.25, 0.3) is 6.20 Å². The van der Waals surface area contributed by atoms with Crippen LogP contribution in [0.1, 0.15) is 83.0 Å². The highest BCUT2D eigenvalue weighted by Gasteiger charge is 2.57. The Morgan fingerprint density at radius 1 is 1.20 bits per heavy atom. The lowest BCUT2D eigenvalue weighted by atomic mass is 9.52. The van der Waals surface area contributed by atoms with Crippen LogP contribution >= 0.6 is 0 Å². The summed E-state index contributed by atoms with van der Waals surface area (Å²) in [5, 5.41) is 10.9. The molecule has 4 N–H and O–H groups in total. The molecule has 4 saturated carbocycles. The smallest absolute Gasteiger partial charge is 0.405 e. The fraction of sp³-hybridized carbons (Fsp3) is 0.733. The first-order chi connectivity index (χ1) is 19.4. The molecule has 41 heavy (non-hydrogen) atoms. The van der Waals surface area contributed by atoms with E-state index in [0.29, 0.717) is 37.2 Å². The summed E-state index contributed by atoms with van der Waals surface area (Å²) in [6.45, 7) is 9.57. The normalized spacial score (nSPS) is 29.6. The number of carbonyl (C=O) groups is 3. The molecule has 4 aliphatic carbocycles. The summed E-state index contributed by atoms with van der Waals surface area (Å²) in [5.74, 6) is 1.32. The van der Waals surface area contributed by atoms with Gasteiger partial charge in [0.25, 0.3) is 5.91 Å². The molecule has 2 atom stereocenters. The highest BCUT2D eigenvalue weighted by Crippen LogP contribution is 2.57. The summed E-state index contributed by atoms with van der Waals surface area (Å²) < 4.78 is 18.7. The zero-order chi connectivity index (χ0) is 29.4. The molecule has 2 heterocycles. The highest BCUT2D eigenvalue weighted by molar-refractivity contribution is 5.96. The van der Waals surface area contributed by atoms with Crippen LogP contribution < -0.4 is 21.1 Å². The zero-order valence-corrected chi connectivity index (χ0v) is 24.7. The van der Waals surface area contributed by atoms with Crippen LogP contribution in [0.4, 0.5) is 4.79 Å². The summed E-state index contributed by atoms with van der Waals surface area (Å²) in [6, 6.07) is -0.000162. The Balaban J connectivity index is 1.29. The minimum Gasteiger partial charge on any atom is -0.477 e. The van der Waals surface area contributed by atoms with Crippen molar-refractivity contribution in [3.63, 3.8) is 0 Å². The van der Waals surface area contributed by atoms with E-state index in [9.17, 15) is 14.4 Å². The van der Waals surface area contributed by atoms with Crippen molar-refractivity contribution in [1.82, 2.24) is 20.4 Å². The van der Waals surface area contributed by atoms with Crippen molar-refractivity contribution in [1.29, 1.82) is 0 Å². The van der Waals surface area contributed by atoms with Crippen molar-refractivity contribution in [2.24, 2.45) is 35.3 Å². The maximum absolute atomic E-state index is 13.7. The van der Waals surface area contributed by atoms with Crippen LogP contribution in [0.3, 0.4) is 0 Å². The maximum Gasteiger partial charge on any atom is 0.405 e. The van der Waals surface area contributed by atoms with Crippen molar-refractivity contribution in [2.75, 3.05) is 19.8 Å². The Kier molecular flexibility index (Phi) is 8.36. The van der Waals surface area contributed by atoms with Gasteiger partial charge in [0.05, 0.1) is 18.3 Å². The van der Waals surface area contributed by atoms with Crippen LogP contribution in [0.2, 0.25) is 0 Å². The Morgan fingerprint density at radius 2 is 1.88 bits per heavy atom. The van der Waals surface area contributed by atoms with E-state index in [2.05, 4.69) is 15.7 Å². The molecule has 11 nitrogen and oxygen atoms in total. The number of rotatable bonds is 10. The molecule has 0 radical (unpaired) electrons. The fourth-order valence-electron chi connectivity index (χ4n) is 7.43.